The van der Waals surface area contributed by atoms with Crippen molar-refractivity contribution in [3.05, 3.63) is 24.3 Å². The van der Waals surface area contributed by atoms with Crippen LogP contribution in [0, 0.1) is 0 Å². The number of hydrogen-bond acceptors (Lipinski definition) is 3. The zero-order valence-electron chi connectivity index (χ0n) is 9.91. The van der Waals surface area contributed by atoms with Crippen LogP contribution in [0.1, 0.15) is 13.8 Å². The van der Waals surface area contributed by atoms with Gasteiger partial charge in [-0.25, -0.2) is 0 Å². The average Bonchev–Trinajstić information content (AvgIpc) is 2.27. The van der Waals surface area contributed by atoms with Gasteiger partial charge in [-0.05, 0) is 24.3 Å². The molecule has 0 bridgehead atoms. The third-order valence-corrected chi connectivity index (χ3v) is 2.04. The lowest BCUT2D eigenvalue weighted by Crippen LogP contribution is -2.32. The van der Waals surface area contributed by atoms with E-state index in [1.54, 1.807) is 7.11 Å². The SMILES string of the molecule is COc1ccc(NC(=O)CNC(C)C)cc1. The zero-order chi connectivity index (χ0) is 12.0. The number of anilines is 1. The standard InChI is InChI=1S/C12H18N2O2/c1-9(2)13-8-12(15)14-10-4-6-11(16-3)7-5-10/h4-7,9,13H,8H2,1-3H3,(H,14,15). The molecule has 0 atom stereocenters. The van der Waals surface area contributed by atoms with E-state index < -0.39 is 0 Å². The molecule has 1 aromatic rings. The Kier molecular flexibility index (Phi) is 4.79. The van der Waals surface area contributed by atoms with E-state index in [2.05, 4.69) is 10.6 Å². The van der Waals surface area contributed by atoms with Crippen LogP contribution in [0.2, 0.25) is 0 Å². The van der Waals surface area contributed by atoms with Crippen molar-refractivity contribution < 1.29 is 9.53 Å². The summed E-state index contributed by atoms with van der Waals surface area (Å²) < 4.78 is 5.03. The third-order valence-electron chi connectivity index (χ3n) is 2.04. The van der Waals surface area contributed by atoms with Crippen LogP contribution >= 0.6 is 0 Å². The van der Waals surface area contributed by atoms with Crippen molar-refractivity contribution in [1.29, 1.82) is 0 Å². The Balaban J connectivity index is 2.43. The van der Waals surface area contributed by atoms with Crippen molar-refractivity contribution in [3.8, 4) is 5.75 Å². The van der Waals surface area contributed by atoms with Gasteiger partial charge in [-0.1, -0.05) is 13.8 Å². The summed E-state index contributed by atoms with van der Waals surface area (Å²) in [6.07, 6.45) is 0. The second-order valence-corrected chi connectivity index (χ2v) is 3.81. The van der Waals surface area contributed by atoms with Crippen LogP contribution in [0.25, 0.3) is 0 Å². The van der Waals surface area contributed by atoms with Gasteiger partial charge in [0.2, 0.25) is 5.91 Å². The first-order chi connectivity index (χ1) is 7.61. The van der Waals surface area contributed by atoms with Crippen LogP contribution < -0.4 is 15.4 Å². The molecule has 0 saturated carbocycles. The highest BCUT2D eigenvalue weighted by molar-refractivity contribution is 5.92. The molecule has 0 spiro atoms. The van der Waals surface area contributed by atoms with Crippen LogP contribution in [-0.2, 0) is 4.79 Å². The molecule has 88 valence electrons. The first-order valence-corrected chi connectivity index (χ1v) is 5.29. The maximum atomic E-state index is 11.5. The molecule has 0 aromatic heterocycles. The molecule has 0 fully saturated rings. The Morgan fingerprint density at radius 2 is 1.94 bits per heavy atom. The summed E-state index contributed by atoms with van der Waals surface area (Å²) in [5.74, 6) is 0.733. The van der Waals surface area contributed by atoms with E-state index in [1.807, 2.05) is 38.1 Å². The number of nitrogens with one attached hydrogen (secondary N) is 2. The molecule has 0 aliphatic heterocycles. The fourth-order valence-corrected chi connectivity index (χ4v) is 1.18. The van der Waals surface area contributed by atoms with Crippen molar-refractivity contribution in [2.45, 2.75) is 19.9 Å². The number of carbonyl (C=O) groups excluding carboxylic acids is 1. The van der Waals surface area contributed by atoms with Gasteiger partial charge in [0.25, 0.3) is 0 Å². The molecule has 4 nitrogen and oxygen atoms in total. The number of carbonyl (C=O) groups is 1. The lowest BCUT2D eigenvalue weighted by atomic mass is 10.3. The maximum absolute atomic E-state index is 11.5. The van der Waals surface area contributed by atoms with Crippen LogP contribution in [0.5, 0.6) is 5.75 Å². The van der Waals surface area contributed by atoms with Crippen LogP contribution in [0.4, 0.5) is 5.69 Å². The van der Waals surface area contributed by atoms with E-state index in [-0.39, 0.29) is 5.91 Å². The topological polar surface area (TPSA) is 50.4 Å². The molecular weight excluding hydrogens is 204 g/mol. The summed E-state index contributed by atoms with van der Waals surface area (Å²) in [5, 5.41) is 5.84. The van der Waals surface area contributed by atoms with E-state index in [9.17, 15) is 4.79 Å². The molecule has 0 aliphatic carbocycles. The quantitative estimate of drug-likeness (QED) is 0.796. The molecule has 0 saturated heterocycles. The second-order valence-electron chi connectivity index (χ2n) is 3.81. The summed E-state index contributed by atoms with van der Waals surface area (Å²) in [7, 11) is 1.61. The highest BCUT2D eigenvalue weighted by atomic mass is 16.5. The van der Waals surface area contributed by atoms with Gasteiger partial charge in [0, 0.05) is 11.7 Å². The summed E-state index contributed by atoms with van der Waals surface area (Å²) >= 11 is 0. The Hall–Kier alpha value is -1.55. The van der Waals surface area contributed by atoms with E-state index in [1.165, 1.54) is 0 Å². The van der Waals surface area contributed by atoms with Gasteiger partial charge in [-0.3, -0.25) is 4.79 Å². The predicted molar refractivity (Wildman–Crippen MR) is 64.8 cm³/mol. The Morgan fingerprint density at radius 1 is 1.31 bits per heavy atom. The third kappa shape index (κ3) is 4.31. The fraction of sp³-hybridized carbons (Fsp3) is 0.417. The van der Waals surface area contributed by atoms with Crippen molar-refractivity contribution in [3.63, 3.8) is 0 Å². The lowest BCUT2D eigenvalue weighted by molar-refractivity contribution is -0.115. The number of amides is 1. The highest BCUT2D eigenvalue weighted by Gasteiger charge is 2.02. The van der Waals surface area contributed by atoms with E-state index in [4.69, 9.17) is 4.74 Å². The van der Waals surface area contributed by atoms with Gasteiger partial charge in [-0.2, -0.15) is 0 Å². The Labute approximate surface area is 96.0 Å². The zero-order valence-corrected chi connectivity index (χ0v) is 9.91. The highest BCUT2D eigenvalue weighted by Crippen LogP contribution is 2.14. The van der Waals surface area contributed by atoms with Crippen molar-refractivity contribution >= 4 is 11.6 Å². The van der Waals surface area contributed by atoms with E-state index in [0.29, 0.717) is 12.6 Å². The van der Waals surface area contributed by atoms with Gasteiger partial charge in [0.05, 0.1) is 13.7 Å². The average molecular weight is 222 g/mol. The predicted octanol–water partition coefficient (Wildman–Crippen LogP) is 1.63. The molecule has 0 heterocycles. The fourth-order valence-electron chi connectivity index (χ4n) is 1.18. The number of methoxy groups -OCH3 is 1. The molecular formula is C12H18N2O2. The monoisotopic (exact) mass is 222 g/mol. The molecule has 2 N–H and O–H groups in total. The minimum Gasteiger partial charge on any atom is -0.497 e. The van der Waals surface area contributed by atoms with Crippen LogP contribution in [-0.4, -0.2) is 25.6 Å². The summed E-state index contributed by atoms with van der Waals surface area (Å²) in [5.41, 5.74) is 0.774. The molecule has 1 amide bonds. The number of hydrogen-bond donors (Lipinski definition) is 2. The number of benzene rings is 1. The van der Waals surface area contributed by atoms with Gasteiger partial charge < -0.3 is 15.4 Å². The van der Waals surface area contributed by atoms with Crippen LogP contribution in [0.15, 0.2) is 24.3 Å². The van der Waals surface area contributed by atoms with Crippen molar-refractivity contribution in [1.82, 2.24) is 5.32 Å². The van der Waals surface area contributed by atoms with Crippen molar-refractivity contribution in [2.24, 2.45) is 0 Å². The minimum absolute atomic E-state index is 0.0427. The van der Waals surface area contributed by atoms with Crippen molar-refractivity contribution in [2.75, 3.05) is 19.0 Å². The number of ether oxygens (including phenoxy) is 1. The van der Waals surface area contributed by atoms with Gasteiger partial charge in [0.1, 0.15) is 5.75 Å². The molecule has 1 aromatic carbocycles. The van der Waals surface area contributed by atoms with Gasteiger partial charge in [0.15, 0.2) is 0 Å². The molecule has 16 heavy (non-hydrogen) atoms. The largest absolute Gasteiger partial charge is 0.497 e. The lowest BCUT2D eigenvalue weighted by Gasteiger charge is -2.09. The molecule has 4 heteroatoms. The minimum atomic E-state index is -0.0427. The van der Waals surface area contributed by atoms with E-state index >= 15 is 0 Å². The normalized spacial score (nSPS) is 10.2. The summed E-state index contributed by atoms with van der Waals surface area (Å²) in [4.78, 5) is 11.5. The molecule has 0 aliphatic rings. The summed E-state index contributed by atoms with van der Waals surface area (Å²) in [6.45, 7) is 4.32. The second kappa shape index (κ2) is 6.12. The Morgan fingerprint density at radius 3 is 2.44 bits per heavy atom. The first kappa shape index (κ1) is 12.5. The molecule has 0 unspecified atom stereocenters. The smallest absolute Gasteiger partial charge is 0.238 e. The molecule has 1 rings (SSSR count). The van der Waals surface area contributed by atoms with Gasteiger partial charge >= 0.3 is 0 Å². The maximum Gasteiger partial charge on any atom is 0.238 e. The number of rotatable bonds is 5. The van der Waals surface area contributed by atoms with Crippen LogP contribution in [0.3, 0.4) is 0 Å². The molecule has 0 radical (unpaired) electrons. The Bertz CT molecular complexity index is 333. The van der Waals surface area contributed by atoms with Gasteiger partial charge in [-0.15, -0.1) is 0 Å². The van der Waals surface area contributed by atoms with E-state index in [0.717, 1.165) is 11.4 Å². The first-order valence-electron chi connectivity index (χ1n) is 5.29. The summed E-state index contributed by atoms with van der Waals surface area (Å²) in [6, 6.07) is 7.55.